The number of aromatic nitrogens is 1. The molecule has 6 heteroatoms. The zero-order valence-corrected chi connectivity index (χ0v) is 11.0. The second-order valence-electron chi connectivity index (χ2n) is 5.01. The normalized spacial score (nSPS) is 18.3. The molecule has 0 aliphatic carbocycles. The van der Waals surface area contributed by atoms with Crippen molar-refractivity contribution in [3.8, 4) is 0 Å². The van der Waals surface area contributed by atoms with Crippen LogP contribution in [0.15, 0.2) is 16.9 Å². The van der Waals surface area contributed by atoms with Gasteiger partial charge in [-0.1, -0.05) is 18.5 Å². The van der Waals surface area contributed by atoms with Gasteiger partial charge in [0.25, 0.3) is 5.91 Å². The molecule has 0 bridgehead atoms. The van der Waals surface area contributed by atoms with Crippen molar-refractivity contribution < 1.29 is 19.2 Å². The number of likely N-dealkylation sites (tertiary alicyclic amines) is 1. The summed E-state index contributed by atoms with van der Waals surface area (Å²) in [6, 6.07) is 1.52. The zero-order chi connectivity index (χ0) is 13.9. The summed E-state index contributed by atoms with van der Waals surface area (Å²) in [5.74, 6) is -0.938. The van der Waals surface area contributed by atoms with Crippen LogP contribution in [0.3, 0.4) is 0 Å². The Morgan fingerprint density at radius 2 is 2.16 bits per heavy atom. The van der Waals surface area contributed by atoms with E-state index in [-0.39, 0.29) is 11.6 Å². The van der Waals surface area contributed by atoms with Crippen LogP contribution < -0.4 is 0 Å². The summed E-state index contributed by atoms with van der Waals surface area (Å²) >= 11 is 0. The van der Waals surface area contributed by atoms with Gasteiger partial charge in [-0.3, -0.25) is 9.59 Å². The van der Waals surface area contributed by atoms with Crippen molar-refractivity contribution >= 4 is 11.9 Å². The molecule has 0 atom stereocenters. The lowest BCUT2D eigenvalue weighted by molar-refractivity contribution is -0.152. The summed E-state index contributed by atoms with van der Waals surface area (Å²) < 4.78 is 4.65. The Hall–Kier alpha value is -1.85. The fourth-order valence-electron chi connectivity index (χ4n) is 2.67. The Morgan fingerprint density at radius 1 is 1.47 bits per heavy atom. The van der Waals surface area contributed by atoms with Crippen LogP contribution in [0.2, 0.25) is 0 Å². The number of aliphatic carboxylic acids is 1. The van der Waals surface area contributed by atoms with Gasteiger partial charge in [-0.15, -0.1) is 0 Å². The van der Waals surface area contributed by atoms with Crippen LogP contribution in [0.5, 0.6) is 0 Å². The van der Waals surface area contributed by atoms with Crippen LogP contribution >= 0.6 is 0 Å². The van der Waals surface area contributed by atoms with Crippen molar-refractivity contribution in [3.63, 3.8) is 0 Å². The van der Waals surface area contributed by atoms with Gasteiger partial charge in [-0.25, -0.2) is 0 Å². The fourth-order valence-corrected chi connectivity index (χ4v) is 2.67. The molecule has 104 valence electrons. The van der Waals surface area contributed by atoms with Crippen molar-refractivity contribution in [2.45, 2.75) is 32.6 Å². The Bertz CT molecular complexity index is 447. The first kappa shape index (κ1) is 13.6. The summed E-state index contributed by atoms with van der Waals surface area (Å²) in [6.07, 6.45) is 3.85. The summed E-state index contributed by atoms with van der Waals surface area (Å²) in [6.45, 7) is 2.90. The fraction of sp³-hybridized carbons (Fsp3) is 0.615. The maximum Gasteiger partial charge on any atom is 0.309 e. The number of carbonyl (C=O) groups excluding carboxylic acids is 1. The van der Waals surface area contributed by atoms with E-state index in [4.69, 9.17) is 0 Å². The topological polar surface area (TPSA) is 83.6 Å². The van der Waals surface area contributed by atoms with Gasteiger partial charge in [-0.05, 0) is 19.3 Å². The summed E-state index contributed by atoms with van der Waals surface area (Å²) in [4.78, 5) is 25.1. The standard InChI is InChI=1S/C13H18N2O4/c1-2-4-13(12(17)18)5-7-15(8-6-13)11(16)10-3-9-19-14-10/h3,9H,2,4-8H2,1H3,(H,17,18). The molecule has 0 unspecified atom stereocenters. The highest BCUT2D eigenvalue weighted by Gasteiger charge is 2.41. The predicted octanol–water partition coefficient (Wildman–Crippen LogP) is 1.78. The average Bonchev–Trinajstić information content (AvgIpc) is 2.93. The van der Waals surface area contributed by atoms with E-state index in [0.717, 1.165) is 6.42 Å². The monoisotopic (exact) mass is 266 g/mol. The molecule has 1 aliphatic heterocycles. The second-order valence-corrected chi connectivity index (χ2v) is 5.01. The SMILES string of the molecule is CCCC1(C(=O)O)CCN(C(=O)c2ccon2)CC1. The zero-order valence-electron chi connectivity index (χ0n) is 11.0. The Kier molecular flexibility index (Phi) is 3.87. The van der Waals surface area contributed by atoms with Crippen LogP contribution in [0.4, 0.5) is 0 Å². The van der Waals surface area contributed by atoms with Crippen molar-refractivity contribution in [2.24, 2.45) is 5.41 Å². The summed E-state index contributed by atoms with van der Waals surface area (Å²) in [7, 11) is 0. The molecule has 0 saturated carbocycles. The molecular weight excluding hydrogens is 248 g/mol. The van der Waals surface area contributed by atoms with Crippen molar-refractivity contribution in [3.05, 3.63) is 18.0 Å². The van der Waals surface area contributed by atoms with Crippen molar-refractivity contribution in [1.82, 2.24) is 10.1 Å². The first-order chi connectivity index (χ1) is 9.09. The highest BCUT2D eigenvalue weighted by atomic mass is 16.5. The maximum absolute atomic E-state index is 12.1. The van der Waals surface area contributed by atoms with Gasteiger partial charge >= 0.3 is 5.97 Å². The second kappa shape index (κ2) is 5.42. The van der Waals surface area contributed by atoms with Crippen LogP contribution in [-0.2, 0) is 4.79 Å². The quantitative estimate of drug-likeness (QED) is 0.898. The van der Waals surface area contributed by atoms with E-state index >= 15 is 0 Å². The molecule has 2 heterocycles. The van der Waals surface area contributed by atoms with E-state index in [1.165, 1.54) is 12.3 Å². The summed E-state index contributed by atoms with van der Waals surface area (Å²) in [5, 5.41) is 13.0. The number of piperidine rings is 1. The van der Waals surface area contributed by atoms with Gasteiger partial charge in [0.1, 0.15) is 6.26 Å². The number of carboxylic acids is 1. The molecule has 2 rings (SSSR count). The van der Waals surface area contributed by atoms with Gasteiger partial charge < -0.3 is 14.5 Å². The molecule has 0 aromatic carbocycles. The molecule has 1 aromatic heterocycles. The van der Waals surface area contributed by atoms with Crippen LogP contribution in [0.1, 0.15) is 43.1 Å². The van der Waals surface area contributed by atoms with E-state index in [0.29, 0.717) is 32.4 Å². The van der Waals surface area contributed by atoms with Gasteiger partial charge in [0.15, 0.2) is 5.69 Å². The smallest absolute Gasteiger partial charge is 0.309 e. The third kappa shape index (κ3) is 2.62. The van der Waals surface area contributed by atoms with Gasteiger partial charge in [0.05, 0.1) is 5.41 Å². The number of nitrogens with zero attached hydrogens (tertiary/aromatic N) is 2. The molecule has 1 amide bonds. The highest BCUT2D eigenvalue weighted by molar-refractivity contribution is 5.92. The minimum Gasteiger partial charge on any atom is -0.481 e. The summed E-state index contributed by atoms with van der Waals surface area (Å²) in [5.41, 5.74) is -0.395. The first-order valence-corrected chi connectivity index (χ1v) is 6.52. The van der Waals surface area contributed by atoms with E-state index in [1.54, 1.807) is 4.90 Å². The molecule has 6 nitrogen and oxygen atoms in total. The Morgan fingerprint density at radius 3 is 2.63 bits per heavy atom. The number of carbonyl (C=O) groups is 2. The van der Waals surface area contributed by atoms with Crippen LogP contribution in [-0.4, -0.2) is 40.1 Å². The molecule has 0 spiro atoms. The lowest BCUT2D eigenvalue weighted by Crippen LogP contribution is -2.46. The number of carboxylic acid groups (broad SMARTS) is 1. The molecular formula is C13H18N2O4. The Balaban J connectivity index is 2.02. The number of rotatable bonds is 4. The van der Waals surface area contributed by atoms with Crippen molar-refractivity contribution in [1.29, 1.82) is 0 Å². The average molecular weight is 266 g/mol. The van der Waals surface area contributed by atoms with Crippen LogP contribution in [0.25, 0.3) is 0 Å². The number of hydrogen-bond acceptors (Lipinski definition) is 4. The van der Waals surface area contributed by atoms with E-state index in [9.17, 15) is 14.7 Å². The third-order valence-electron chi connectivity index (χ3n) is 3.85. The lowest BCUT2D eigenvalue weighted by Gasteiger charge is -2.38. The maximum atomic E-state index is 12.1. The molecule has 1 N–H and O–H groups in total. The molecule has 1 fully saturated rings. The minimum absolute atomic E-state index is 0.191. The molecule has 1 aromatic rings. The van der Waals surface area contributed by atoms with E-state index in [2.05, 4.69) is 9.68 Å². The van der Waals surface area contributed by atoms with E-state index < -0.39 is 11.4 Å². The number of hydrogen-bond donors (Lipinski definition) is 1. The number of amides is 1. The van der Waals surface area contributed by atoms with Gasteiger partial charge in [-0.2, -0.15) is 0 Å². The van der Waals surface area contributed by atoms with Gasteiger partial charge in [0, 0.05) is 19.2 Å². The van der Waals surface area contributed by atoms with Crippen molar-refractivity contribution in [2.75, 3.05) is 13.1 Å². The molecule has 1 aliphatic rings. The molecule has 19 heavy (non-hydrogen) atoms. The molecule has 0 radical (unpaired) electrons. The predicted molar refractivity (Wildman–Crippen MR) is 66.6 cm³/mol. The lowest BCUT2D eigenvalue weighted by atomic mass is 9.75. The van der Waals surface area contributed by atoms with Gasteiger partial charge in [0.2, 0.25) is 0 Å². The molecule has 1 saturated heterocycles. The highest BCUT2D eigenvalue weighted by Crippen LogP contribution is 2.36. The Labute approximate surface area is 111 Å². The first-order valence-electron chi connectivity index (χ1n) is 6.52. The minimum atomic E-state index is -0.747. The third-order valence-corrected chi connectivity index (χ3v) is 3.85. The largest absolute Gasteiger partial charge is 0.481 e. The van der Waals surface area contributed by atoms with E-state index in [1.807, 2.05) is 6.92 Å². The van der Waals surface area contributed by atoms with Crippen LogP contribution in [0, 0.1) is 5.41 Å².